The smallest absolute Gasteiger partial charge is 0.204 e. The minimum Gasteiger partial charge on any atom is -0.352 e. The standard InChI is InChI=1S/C18H18N4S/c1-11-6-7-15(23-11)16-13-5-3-2-4-12(13)14(8-19)17(22)18(16,9-20)10-21/h4,6-7,13-14,16-17H,2-3,5,22H2,1H3/p+1/t13-,14-,16-,17-/m0/s1. The Kier molecular flexibility index (Phi) is 3.99. The van der Waals surface area contributed by atoms with Crippen LogP contribution in [0.2, 0.25) is 0 Å². The maximum Gasteiger partial charge on any atom is 0.204 e. The van der Waals surface area contributed by atoms with Crippen LogP contribution in [0.1, 0.15) is 34.9 Å². The number of hydrogen-bond donors (Lipinski definition) is 1. The molecule has 3 N–H and O–H groups in total. The number of nitriles is 3. The van der Waals surface area contributed by atoms with Crippen molar-refractivity contribution in [2.75, 3.05) is 0 Å². The molecule has 0 bridgehead atoms. The van der Waals surface area contributed by atoms with E-state index in [-0.39, 0.29) is 11.8 Å². The third-order valence-corrected chi connectivity index (χ3v) is 6.43. The monoisotopic (exact) mass is 323 g/mol. The number of rotatable bonds is 1. The van der Waals surface area contributed by atoms with E-state index in [0.29, 0.717) is 0 Å². The van der Waals surface area contributed by atoms with Crippen molar-refractivity contribution in [2.45, 2.75) is 38.1 Å². The van der Waals surface area contributed by atoms with E-state index in [0.717, 1.165) is 29.7 Å². The quantitative estimate of drug-likeness (QED) is 0.804. The van der Waals surface area contributed by atoms with E-state index in [1.165, 1.54) is 4.88 Å². The lowest BCUT2D eigenvalue weighted by atomic mass is 9.53. The van der Waals surface area contributed by atoms with Crippen LogP contribution in [-0.2, 0) is 0 Å². The molecule has 116 valence electrons. The van der Waals surface area contributed by atoms with Crippen molar-refractivity contribution in [1.82, 2.24) is 0 Å². The van der Waals surface area contributed by atoms with Gasteiger partial charge in [0, 0.05) is 15.7 Å². The minimum atomic E-state index is -1.24. The summed E-state index contributed by atoms with van der Waals surface area (Å²) in [6.07, 6.45) is 5.11. The van der Waals surface area contributed by atoms with Gasteiger partial charge in [0.2, 0.25) is 5.41 Å². The van der Waals surface area contributed by atoms with Crippen LogP contribution in [0.5, 0.6) is 0 Å². The lowest BCUT2D eigenvalue weighted by Gasteiger charge is -2.46. The van der Waals surface area contributed by atoms with Crippen molar-refractivity contribution in [2.24, 2.45) is 17.3 Å². The first kappa shape index (κ1) is 15.8. The van der Waals surface area contributed by atoms with Crippen molar-refractivity contribution in [1.29, 1.82) is 15.8 Å². The second-order valence-electron chi connectivity index (χ2n) is 6.47. The van der Waals surface area contributed by atoms with Crippen LogP contribution < -0.4 is 5.73 Å². The summed E-state index contributed by atoms with van der Waals surface area (Å²) in [6.45, 7) is 2.04. The maximum absolute atomic E-state index is 9.92. The van der Waals surface area contributed by atoms with Crippen LogP contribution in [0.3, 0.4) is 0 Å². The average molecular weight is 323 g/mol. The van der Waals surface area contributed by atoms with Gasteiger partial charge in [-0.15, -0.1) is 11.3 Å². The zero-order chi connectivity index (χ0) is 16.6. The molecule has 2 aliphatic rings. The number of thiophene rings is 1. The van der Waals surface area contributed by atoms with Crippen LogP contribution in [0.15, 0.2) is 23.8 Å². The maximum atomic E-state index is 9.92. The molecule has 1 saturated carbocycles. The number of quaternary nitrogens is 1. The number of hydrogen-bond acceptors (Lipinski definition) is 4. The largest absolute Gasteiger partial charge is 0.352 e. The lowest BCUT2D eigenvalue weighted by molar-refractivity contribution is -0.449. The summed E-state index contributed by atoms with van der Waals surface area (Å²) < 4.78 is 0. The van der Waals surface area contributed by atoms with Gasteiger partial charge in [-0.3, -0.25) is 0 Å². The molecule has 0 spiro atoms. The summed E-state index contributed by atoms with van der Waals surface area (Å²) in [7, 11) is 0. The first-order valence-electron chi connectivity index (χ1n) is 7.90. The van der Waals surface area contributed by atoms with Gasteiger partial charge >= 0.3 is 0 Å². The summed E-state index contributed by atoms with van der Waals surface area (Å²) in [4.78, 5) is 2.25. The van der Waals surface area contributed by atoms with Crippen LogP contribution >= 0.6 is 11.3 Å². The Morgan fingerprint density at radius 3 is 2.57 bits per heavy atom. The second kappa shape index (κ2) is 5.82. The van der Waals surface area contributed by atoms with Gasteiger partial charge in [-0.1, -0.05) is 6.08 Å². The first-order valence-corrected chi connectivity index (χ1v) is 8.72. The molecule has 1 aromatic heterocycles. The van der Waals surface area contributed by atoms with Crippen molar-refractivity contribution in [3.63, 3.8) is 0 Å². The predicted molar refractivity (Wildman–Crippen MR) is 86.7 cm³/mol. The van der Waals surface area contributed by atoms with E-state index in [2.05, 4.69) is 30.0 Å². The highest BCUT2D eigenvalue weighted by Gasteiger charge is 2.61. The normalized spacial score (nSPS) is 31.9. The van der Waals surface area contributed by atoms with Crippen LogP contribution in [0, 0.1) is 58.2 Å². The fourth-order valence-corrected chi connectivity index (χ4v) is 5.34. The number of allylic oxidation sites excluding steroid dienone is 1. The molecule has 3 rings (SSSR count). The number of fused-ring (bicyclic) bond motifs is 1. The van der Waals surface area contributed by atoms with Crippen LogP contribution in [-0.4, -0.2) is 6.04 Å². The zero-order valence-corrected chi connectivity index (χ0v) is 13.9. The SMILES string of the molecule is Cc1ccc([C@@H]2[C@H]3CCCC=C3[C@H](C#N)[C@H]([NH3+])C2(C#N)C#N)s1. The Bertz CT molecular complexity index is 756. The van der Waals surface area contributed by atoms with Crippen molar-refractivity contribution in [3.8, 4) is 18.2 Å². The topological polar surface area (TPSA) is 99.0 Å². The Balaban J connectivity index is 2.23. The molecule has 0 amide bonds. The van der Waals surface area contributed by atoms with Crippen molar-refractivity contribution in [3.05, 3.63) is 33.5 Å². The molecule has 0 saturated heterocycles. The summed E-state index contributed by atoms with van der Waals surface area (Å²) in [5, 5.41) is 29.5. The van der Waals surface area contributed by atoms with Gasteiger partial charge in [0.15, 0.2) is 0 Å². The molecule has 4 atom stereocenters. The van der Waals surface area contributed by atoms with Crippen molar-refractivity contribution < 1.29 is 5.73 Å². The summed E-state index contributed by atoms with van der Waals surface area (Å²) in [6, 6.07) is 10.4. The molecular weight excluding hydrogens is 304 g/mol. The average Bonchev–Trinajstić information content (AvgIpc) is 3.00. The van der Waals surface area contributed by atoms with E-state index in [9.17, 15) is 15.8 Å². The molecule has 23 heavy (non-hydrogen) atoms. The summed E-state index contributed by atoms with van der Waals surface area (Å²) in [5.74, 6) is -0.518. The molecule has 1 heterocycles. The molecule has 2 aliphatic carbocycles. The Hall–Kier alpha value is -2.13. The Morgan fingerprint density at radius 1 is 1.26 bits per heavy atom. The van der Waals surface area contributed by atoms with Gasteiger partial charge in [-0.2, -0.15) is 15.8 Å². The van der Waals surface area contributed by atoms with Gasteiger partial charge in [0.1, 0.15) is 12.0 Å². The summed E-state index contributed by atoms with van der Waals surface area (Å²) >= 11 is 1.65. The van der Waals surface area contributed by atoms with Gasteiger partial charge in [0.25, 0.3) is 0 Å². The van der Waals surface area contributed by atoms with E-state index in [1.807, 2.05) is 19.1 Å². The third kappa shape index (κ3) is 2.19. The van der Waals surface area contributed by atoms with E-state index < -0.39 is 17.4 Å². The molecule has 0 aromatic carbocycles. The van der Waals surface area contributed by atoms with Gasteiger partial charge in [-0.05, 0) is 49.8 Å². The van der Waals surface area contributed by atoms with E-state index in [1.54, 1.807) is 11.3 Å². The molecule has 0 aliphatic heterocycles. The molecule has 1 aromatic rings. The van der Waals surface area contributed by atoms with Gasteiger partial charge in [0.05, 0.1) is 18.2 Å². The Morgan fingerprint density at radius 2 is 2.00 bits per heavy atom. The van der Waals surface area contributed by atoms with E-state index >= 15 is 0 Å². The fourth-order valence-electron chi connectivity index (χ4n) is 4.22. The first-order chi connectivity index (χ1) is 11.1. The number of nitrogens with zero attached hydrogens (tertiary/aromatic N) is 3. The molecule has 0 radical (unpaired) electrons. The second-order valence-corrected chi connectivity index (χ2v) is 7.79. The van der Waals surface area contributed by atoms with Crippen molar-refractivity contribution >= 4 is 11.3 Å². The minimum absolute atomic E-state index is 0.101. The number of aryl methyl sites for hydroxylation is 1. The molecule has 4 nitrogen and oxygen atoms in total. The Labute approximate surface area is 140 Å². The zero-order valence-electron chi connectivity index (χ0n) is 13.1. The fraction of sp³-hybridized carbons (Fsp3) is 0.500. The molecule has 5 heteroatoms. The summed E-state index contributed by atoms with van der Waals surface area (Å²) in [5.41, 5.74) is 3.98. The highest BCUT2D eigenvalue weighted by molar-refractivity contribution is 7.12. The van der Waals surface area contributed by atoms with E-state index in [4.69, 9.17) is 0 Å². The van der Waals surface area contributed by atoms with Crippen LogP contribution in [0.25, 0.3) is 0 Å². The van der Waals surface area contributed by atoms with Crippen LogP contribution in [0.4, 0.5) is 0 Å². The van der Waals surface area contributed by atoms with Gasteiger partial charge < -0.3 is 5.73 Å². The lowest BCUT2D eigenvalue weighted by Crippen LogP contribution is -2.74. The molecular formula is C18H19N4S+. The highest BCUT2D eigenvalue weighted by atomic mass is 32.1. The third-order valence-electron chi connectivity index (χ3n) is 5.34. The van der Waals surface area contributed by atoms with Gasteiger partial charge in [-0.25, -0.2) is 0 Å². The highest BCUT2D eigenvalue weighted by Crippen LogP contribution is 2.56. The molecule has 0 unspecified atom stereocenters. The molecule has 1 fully saturated rings. The predicted octanol–water partition coefficient (Wildman–Crippen LogP) is 2.66.